The lowest BCUT2D eigenvalue weighted by Gasteiger charge is -2.24. The van der Waals surface area contributed by atoms with Crippen LogP contribution in [0.3, 0.4) is 0 Å². The summed E-state index contributed by atoms with van der Waals surface area (Å²) in [7, 11) is 1.93. The Balaban J connectivity index is 2.05. The molecule has 2 heterocycles. The molecule has 0 atom stereocenters. The van der Waals surface area contributed by atoms with Crippen LogP contribution < -0.4 is 4.90 Å². The number of hydrogen-bond acceptors (Lipinski definition) is 3. The predicted octanol–water partition coefficient (Wildman–Crippen LogP) is 3.10. The summed E-state index contributed by atoms with van der Waals surface area (Å²) in [6.45, 7) is 6.95. The molecule has 0 aliphatic rings. The first-order valence-electron chi connectivity index (χ1n) is 8.39. The largest absolute Gasteiger partial charge is 0.337 e. The second-order valence-electron chi connectivity index (χ2n) is 6.12. The van der Waals surface area contributed by atoms with Gasteiger partial charge in [0.1, 0.15) is 11.5 Å². The maximum absolute atomic E-state index is 13.4. The normalized spacial score (nSPS) is 10.9. The van der Waals surface area contributed by atoms with Crippen LogP contribution >= 0.6 is 0 Å². The Morgan fingerprint density at radius 3 is 2.64 bits per heavy atom. The van der Waals surface area contributed by atoms with Crippen molar-refractivity contribution in [3.8, 4) is 0 Å². The highest BCUT2D eigenvalue weighted by Gasteiger charge is 2.24. The molecule has 0 N–H and O–H groups in total. The van der Waals surface area contributed by atoms with E-state index in [1.165, 1.54) is 0 Å². The molecular weight excluding hydrogens is 314 g/mol. The second-order valence-corrected chi connectivity index (χ2v) is 6.12. The van der Waals surface area contributed by atoms with Crippen molar-refractivity contribution in [2.24, 2.45) is 7.05 Å². The van der Waals surface area contributed by atoms with Crippen LogP contribution in [-0.4, -0.2) is 25.2 Å². The standard InChI is InChI=1S/C19H23N5O/c1-5-24-17(12-15(3)21-24)19(25)23(13-18-20-10-11-22(18)4)16-9-7-6-8-14(16)2/h6-12H,5,13H2,1-4H3. The van der Waals surface area contributed by atoms with Crippen molar-refractivity contribution < 1.29 is 4.79 Å². The molecule has 130 valence electrons. The van der Waals surface area contributed by atoms with Gasteiger partial charge in [-0.2, -0.15) is 5.10 Å². The molecule has 2 aromatic heterocycles. The van der Waals surface area contributed by atoms with E-state index in [4.69, 9.17) is 0 Å². The van der Waals surface area contributed by atoms with Gasteiger partial charge in [-0.1, -0.05) is 18.2 Å². The van der Waals surface area contributed by atoms with E-state index in [-0.39, 0.29) is 5.91 Å². The topological polar surface area (TPSA) is 56.0 Å². The zero-order valence-electron chi connectivity index (χ0n) is 15.1. The molecule has 3 aromatic rings. The summed E-state index contributed by atoms with van der Waals surface area (Å²) in [5.41, 5.74) is 3.37. The minimum absolute atomic E-state index is 0.0697. The number of rotatable bonds is 5. The van der Waals surface area contributed by atoms with Gasteiger partial charge in [0.2, 0.25) is 0 Å². The molecule has 3 rings (SSSR count). The maximum Gasteiger partial charge on any atom is 0.276 e. The highest BCUT2D eigenvalue weighted by molar-refractivity contribution is 6.05. The van der Waals surface area contributed by atoms with Crippen molar-refractivity contribution >= 4 is 11.6 Å². The van der Waals surface area contributed by atoms with E-state index in [9.17, 15) is 4.79 Å². The molecular formula is C19H23N5O. The van der Waals surface area contributed by atoms with Gasteiger partial charge < -0.3 is 4.57 Å². The third-order valence-electron chi connectivity index (χ3n) is 4.29. The number of aryl methyl sites for hydroxylation is 4. The number of benzene rings is 1. The fraction of sp³-hybridized carbons (Fsp3) is 0.316. The number of nitrogens with zero attached hydrogens (tertiary/aromatic N) is 5. The summed E-state index contributed by atoms with van der Waals surface area (Å²) in [5, 5.41) is 4.41. The molecule has 0 fully saturated rings. The Bertz CT molecular complexity index is 893. The van der Waals surface area contributed by atoms with Crippen molar-refractivity contribution in [2.45, 2.75) is 33.9 Å². The molecule has 0 unspecified atom stereocenters. The minimum atomic E-state index is -0.0697. The Morgan fingerprint density at radius 2 is 2.00 bits per heavy atom. The maximum atomic E-state index is 13.4. The van der Waals surface area contributed by atoms with Crippen LogP contribution in [0.4, 0.5) is 5.69 Å². The molecule has 0 saturated heterocycles. The number of carbonyl (C=O) groups is 1. The van der Waals surface area contributed by atoms with Crippen molar-refractivity contribution in [3.05, 3.63) is 65.5 Å². The third-order valence-corrected chi connectivity index (χ3v) is 4.29. The number of amides is 1. The first-order chi connectivity index (χ1) is 12.0. The molecule has 0 radical (unpaired) electrons. The molecule has 0 bridgehead atoms. The van der Waals surface area contributed by atoms with E-state index >= 15 is 0 Å². The van der Waals surface area contributed by atoms with Crippen LogP contribution in [-0.2, 0) is 20.1 Å². The van der Waals surface area contributed by atoms with Crippen LogP contribution in [0.15, 0.2) is 42.7 Å². The lowest BCUT2D eigenvalue weighted by molar-refractivity contribution is 0.0974. The summed E-state index contributed by atoms with van der Waals surface area (Å²) in [5.74, 6) is 0.760. The monoisotopic (exact) mass is 337 g/mol. The van der Waals surface area contributed by atoms with Crippen LogP contribution in [0.1, 0.15) is 34.5 Å². The molecule has 25 heavy (non-hydrogen) atoms. The van der Waals surface area contributed by atoms with E-state index in [1.54, 1.807) is 15.8 Å². The zero-order valence-corrected chi connectivity index (χ0v) is 15.1. The molecule has 6 nitrogen and oxygen atoms in total. The number of imidazole rings is 1. The molecule has 0 aliphatic carbocycles. The van der Waals surface area contributed by atoms with Gasteiger partial charge in [0.05, 0.1) is 12.2 Å². The molecule has 1 aromatic carbocycles. The van der Waals surface area contributed by atoms with Crippen molar-refractivity contribution in [1.29, 1.82) is 0 Å². The van der Waals surface area contributed by atoms with Gasteiger partial charge in [0.15, 0.2) is 0 Å². The molecule has 1 amide bonds. The Morgan fingerprint density at radius 1 is 1.24 bits per heavy atom. The molecule has 6 heteroatoms. The second kappa shape index (κ2) is 6.93. The average Bonchev–Trinajstić information content (AvgIpc) is 3.18. The summed E-state index contributed by atoms with van der Waals surface area (Å²) in [4.78, 5) is 19.5. The Hall–Kier alpha value is -2.89. The van der Waals surface area contributed by atoms with E-state index < -0.39 is 0 Å². The van der Waals surface area contributed by atoms with Crippen LogP contribution in [0.25, 0.3) is 0 Å². The van der Waals surface area contributed by atoms with E-state index in [2.05, 4.69) is 10.1 Å². The lowest BCUT2D eigenvalue weighted by Crippen LogP contribution is -2.33. The summed E-state index contributed by atoms with van der Waals surface area (Å²) in [6.07, 6.45) is 3.63. The summed E-state index contributed by atoms with van der Waals surface area (Å²) >= 11 is 0. The van der Waals surface area contributed by atoms with Crippen molar-refractivity contribution in [2.75, 3.05) is 4.90 Å². The molecule has 0 saturated carbocycles. The smallest absolute Gasteiger partial charge is 0.276 e. The molecule has 0 aliphatic heterocycles. The van der Waals surface area contributed by atoms with Gasteiger partial charge >= 0.3 is 0 Å². The van der Waals surface area contributed by atoms with Gasteiger partial charge in [-0.15, -0.1) is 0 Å². The highest BCUT2D eigenvalue weighted by Crippen LogP contribution is 2.24. The van der Waals surface area contributed by atoms with Crippen molar-refractivity contribution in [1.82, 2.24) is 19.3 Å². The van der Waals surface area contributed by atoms with E-state index in [0.29, 0.717) is 18.8 Å². The first-order valence-corrected chi connectivity index (χ1v) is 8.39. The number of anilines is 1. The Labute approximate surface area is 147 Å². The third kappa shape index (κ3) is 3.33. The summed E-state index contributed by atoms with van der Waals surface area (Å²) in [6, 6.07) is 9.74. The number of carbonyl (C=O) groups excluding carboxylic acids is 1. The van der Waals surface area contributed by atoms with Crippen LogP contribution in [0.5, 0.6) is 0 Å². The molecule has 0 spiro atoms. The van der Waals surface area contributed by atoms with Gasteiger partial charge in [0, 0.05) is 31.7 Å². The fourth-order valence-electron chi connectivity index (χ4n) is 2.92. The van der Waals surface area contributed by atoms with Crippen LogP contribution in [0.2, 0.25) is 0 Å². The zero-order chi connectivity index (χ0) is 18.0. The van der Waals surface area contributed by atoms with Gasteiger partial charge in [-0.05, 0) is 38.5 Å². The SMILES string of the molecule is CCn1nc(C)cc1C(=O)N(Cc1nccn1C)c1ccccc1C. The first kappa shape index (κ1) is 17.0. The minimum Gasteiger partial charge on any atom is -0.337 e. The lowest BCUT2D eigenvalue weighted by atomic mass is 10.1. The number of para-hydroxylation sites is 1. The fourth-order valence-corrected chi connectivity index (χ4v) is 2.92. The van der Waals surface area contributed by atoms with Gasteiger partial charge in [-0.25, -0.2) is 4.98 Å². The van der Waals surface area contributed by atoms with Gasteiger partial charge in [-0.3, -0.25) is 14.4 Å². The Kier molecular flexibility index (Phi) is 4.70. The summed E-state index contributed by atoms with van der Waals surface area (Å²) < 4.78 is 3.68. The van der Waals surface area contributed by atoms with E-state index in [1.807, 2.05) is 68.9 Å². The van der Waals surface area contributed by atoms with Crippen molar-refractivity contribution in [3.63, 3.8) is 0 Å². The number of hydrogen-bond donors (Lipinski definition) is 0. The quantitative estimate of drug-likeness (QED) is 0.719. The highest BCUT2D eigenvalue weighted by atomic mass is 16.2. The number of aromatic nitrogens is 4. The van der Waals surface area contributed by atoms with Gasteiger partial charge in [0.25, 0.3) is 5.91 Å². The van der Waals surface area contributed by atoms with E-state index in [0.717, 1.165) is 22.8 Å². The predicted molar refractivity (Wildman–Crippen MR) is 97.5 cm³/mol. The average molecular weight is 337 g/mol. The van der Waals surface area contributed by atoms with Crippen LogP contribution in [0, 0.1) is 13.8 Å².